The second-order valence-electron chi connectivity index (χ2n) is 10.5. The topological polar surface area (TPSA) is 330 Å². The van der Waals surface area contributed by atoms with Crippen molar-refractivity contribution in [1.82, 2.24) is 0 Å². The first-order valence-corrected chi connectivity index (χ1v) is 17.7. The minimum absolute atomic E-state index is 0.0216. The lowest BCUT2D eigenvalue weighted by molar-refractivity contribution is -0.386. The highest BCUT2D eigenvalue weighted by molar-refractivity contribution is 7.91. The van der Waals surface area contributed by atoms with Crippen molar-refractivity contribution in [2.75, 3.05) is 12.0 Å². The maximum absolute atomic E-state index is 11.1. The van der Waals surface area contributed by atoms with Gasteiger partial charge in [0.25, 0.3) is 0 Å². The average molecular weight is 759 g/mol. The molecule has 3 aromatic rings. The van der Waals surface area contributed by atoms with E-state index in [9.17, 15) is 57.8 Å². The Morgan fingerprint density at radius 2 is 1.25 bits per heavy atom. The van der Waals surface area contributed by atoms with Gasteiger partial charge in [0.2, 0.25) is 0 Å². The molecule has 7 N–H and O–H groups in total. The number of aliphatic carboxylic acids is 3. The SMILES string of the molecule is C=CC(=O)O.CC(CCC(=O)O)(c1ccc(O)c([N+](=O)[O-])c1)c1ccc(O)c([N+](=O)[O-])c1.CS(=O)(=O)CC(=O)O.O=P(O)(O)Cc1ccccc1. The lowest BCUT2D eigenvalue weighted by Gasteiger charge is -2.30. The van der Waals surface area contributed by atoms with Gasteiger partial charge in [-0.05, 0) is 35.2 Å². The van der Waals surface area contributed by atoms with Crippen molar-refractivity contribution >= 4 is 46.7 Å². The van der Waals surface area contributed by atoms with Gasteiger partial charge in [-0.25, -0.2) is 13.2 Å². The highest BCUT2D eigenvalue weighted by Crippen LogP contribution is 2.42. The first kappa shape index (κ1) is 45.3. The summed E-state index contributed by atoms with van der Waals surface area (Å²) in [6, 6.07) is 15.9. The number of nitro groups is 2. The number of phenolic OH excluding ortho intramolecular Hbond substituents is 2. The number of nitrogens with zero attached hydrogens (tertiary/aromatic N) is 2. The average Bonchev–Trinajstić information content (AvgIpc) is 2.99. The minimum Gasteiger partial charge on any atom is -0.502 e. The standard InChI is InChI=1S/C17H16N2O8.C7H9O3P.C3H6O4S.C3H4O2/c1-17(7-6-16(22)23,10-2-4-14(20)12(8-10)18(24)25)11-3-5-15(21)13(9-11)19(26)27;8-11(9,10)6-7-4-2-1-3-5-7;1-8(6,7)2-3(4)5;1-2-3(4)5/h2-5,8-9,20-21H,6-7H2,1H3,(H,22,23);1-5H,6H2,(H2,8,9,10);2H2,1H3,(H,4,5);2H,1H2,(H,4,5). The summed E-state index contributed by atoms with van der Waals surface area (Å²) >= 11 is 0. The van der Waals surface area contributed by atoms with E-state index >= 15 is 0 Å². The molecular weight excluding hydrogens is 723 g/mol. The van der Waals surface area contributed by atoms with Crippen LogP contribution in [-0.4, -0.2) is 83.5 Å². The Morgan fingerprint density at radius 1 is 0.843 bits per heavy atom. The zero-order chi connectivity index (χ0) is 39.7. The minimum atomic E-state index is -3.89. The van der Waals surface area contributed by atoms with Gasteiger partial charge in [0.1, 0.15) is 5.75 Å². The number of carboxylic acid groups (broad SMARTS) is 3. The number of benzene rings is 3. The third-order valence-electron chi connectivity index (χ3n) is 6.25. The zero-order valence-corrected chi connectivity index (χ0v) is 28.6. The summed E-state index contributed by atoms with van der Waals surface area (Å²) < 4.78 is 30.6. The molecule has 0 aliphatic carbocycles. The van der Waals surface area contributed by atoms with Crippen LogP contribution in [0.15, 0.2) is 79.4 Å². The fraction of sp³-hybridized carbons (Fsp3) is 0.233. The Hall–Kier alpha value is -5.69. The van der Waals surface area contributed by atoms with Crippen LogP contribution in [-0.2, 0) is 40.4 Å². The van der Waals surface area contributed by atoms with Crippen LogP contribution in [0.2, 0.25) is 0 Å². The molecule has 0 bridgehead atoms. The molecule has 278 valence electrons. The van der Waals surface area contributed by atoms with Gasteiger partial charge >= 0.3 is 36.9 Å². The van der Waals surface area contributed by atoms with E-state index in [0.717, 1.165) is 36.6 Å². The molecule has 0 heterocycles. The molecule has 51 heavy (non-hydrogen) atoms. The molecule has 3 aromatic carbocycles. The van der Waals surface area contributed by atoms with Gasteiger partial charge in [-0.3, -0.25) is 34.4 Å². The van der Waals surface area contributed by atoms with Crippen molar-refractivity contribution in [3.63, 3.8) is 0 Å². The molecule has 19 nitrogen and oxygen atoms in total. The Balaban J connectivity index is 0.000000846. The Kier molecular flexibility index (Phi) is 17.9. The maximum Gasteiger partial charge on any atom is 0.329 e. The molecule has 0 saturated carbocycles. The number of rotatable bonds is 12. The molecule has 3 rings (SSSR count). The van der Waals surface area contributed by atoms with Crippen LogP contribution < -0.4 is 0 Å². The van der Waals surface area contributed by atoms with Gasteiger partial charge in [-0.15, -0.1) is 0 Å². The zero-order valence-electron chi connectivity index (χ0n) is 26.9. The van der Waals surface area contributed by atoms with Crippen molar-refractivity contribution in [2.45, 2.75) is 31.3 Å². The van der Waals surface area contributed by atoms with E-state index in [2.05, 4.69) is 6.58 Å². The molecular formula is C30H35N2O17PS. The van der Waals surface area contributed by atoms with E-state index in [-0.39, 0.29) is 19.0 Å². The van der Waals surface area contributed by atoms with Gasteiger partial charge < -0.3 is 35.3 Å². The van der Waals surface area contributed by atoms with Gasteiger partial charge in [0, 0.05) is 36.3 Å². The van der Waals surface area contributed by atoms with Crippen molar-refractivity contribution in [3.8, 4) is 11.5 Å². The summed E-state index contributed by atoms with van der Waals surface area (Å²) in [4.78, 5) is 67.8. The van der Waals surface area contributed by atoms with Gasteiger partial charge in [-0.1, -0.05) is 56.0 Å². The van der Waals surface area contributed by atoms with E-state index in [1.165, 1.54) is 12.1 Å². The molecule has 21 heteroatoms. The molecule has 0 fully saturated rings. The number of aromatic hydroxyl groups is 2. The molecule has 0 aliphatic rings. The van der Waals surface area contributed by atoms with Crippen molar-refractivity contribution in [2.24, 2.45) is 0 Å². The van der Waals surface area contributed by atoms with Crippen LogP contribution >= 0.6 is 7.60 Å². The molecule has 0 unspecified atom stereocenters. The van der Waals surface area contributed by atoms with E-state index < -0.39 is 79.2 Å². The Morgan fingerprint density at radius 3 is 1.53 bits per heavy atom. The van der Waals surface area contributed by atoms with Crippen molar-refractivity contribution < 1.29 is 72.5 Å². The number of carboxylic acids is 3. The van der Waals surface area contributed by atoms with Crippen molar-refractivity contribution in [3.05, 3.63) is 116 Å². The number of phenols is 2. The van der Waals surface area contributed by atoms with Crippen LogP contribution in [0.1, 0.15) is 36.5 Å². The lowest BCUT2D eigenvalue weighted by atomic mass is 9.72. The molecule has 0 aromatic heterocycles. The number of sulfone groups is 1. The van der Waals surface area contributed by atoms with E-state index in [1.54, 1.807) is 31.2 Å². The third-order valence-corrected chi connectivity index (χ3v) is 7.80. The highest BCUT2D eigenvalue weighted by Gasteiger charge is 2.33. The van der Waals surface area contributed by atoms with Crippen LogP contribution in [0.4, 0.5) is 11.4 Å². The Labute approximate surface area is 290 Å². The second-order valence-corrected chi connectivity index (χ2v) is 14.2. The first-order chi connectivity index (χ1) is 23.3. The van der Waals surface area contributed by atoms with E-state index in [1.807, 2.05) is 6.07 Å². The van der Waals surface area contributed by atoms with E-state index in [4.69, 9.17) is 25.1 Å². The summed E-state index contributed by atoms with van der Waals surface area (Å²) in [7, 11) is -7.21. The number of hydrogen-bond donors (Lipinski definition) is 7. The van der Waals surface area contributed by atoms with Gasteiger partial charge in [-0.2, -0.15) is 0 Å². The molecule has 0 radical (unpaired) electrons. The molecule has 0 amide bonds. The fourth-order valence-electron chi connectivity index (χ4n) is 3.88. The lowest BCUT2D eigenvalue weighted by Crippen LogP contribution is -2.25. The summed E-state index contributed by atoms with van der Waals surface area (Å²) in [5.41, 5.74) is -1.03. The predicted molar refractivity (Wildman–Crippen MR) is 180 cm³/mol. The van der Waals surface area contributed by atoms with Crippen LogP contribution in [0.25, 0.3) is 0 Å². The van der Waals surface area contributed by atoms with Crippen molar-refractivity contribution in [1.29, 1.82) is 0 Å². The smallest absolute Gasteiger partial charge is 0.329 e. The summed E-state index contributed by atoms with van der Waals surface area (Å²) in [6.07, 6.45) is 1.21. The number of nitro benzene ring substituents is 2. The summed E-state index contributed by atoms with van der Waals surface area (Å²) in [5, 5.41) is 66.1. The number of carbonyl (C=O) groups is 3. The summed E-state index contributed by atoms with van der Waals surface area (Å²) in [6.45, 7) is 4.55. The highest BCUT2D eigenvalue weighted by atomic mass is 32.2. The molecule has 0 aliphatic heterocycles. The molecule has 0 spiro atoms. The fourth-order valence-corrected chi connectivity index (χ4v) is 5.02. The van der Waals surface area contributed by atoms with E-state index in [0.29, 0.717) is 16.7 Å². The third kappa shape index (κ3) is 18.0. The van der Waals surface area contributed by atoms with Crippen LogP contribution in [0, 0.1) is 20.2 Å². The first-order valence-electron chi connectivity index (χ1n) is 13.8. The maximum atomic E-state index is 11.1. The number of hydrogen-bond acceptors (Lipinski definition) is 12. The quantitative estimate of drug-likeness (QED) is 0.0597. The monoisotopic (exact) mass is 758 g/mol. The normalized spacial score (nSPS) is 10.7. The molecule has 0 saturated heterocycles. The van der Waals surface area contributed by atoms with Crippen LogP contribution in [0.5, 0.6) is 11.5 Å². The van der Waals surface area contributed by atoms with Gasteiger partial charge in [0.15, 0.2) is 21.3 Å². The largest absolute Gasteiger partial charge is 0.502 e. The predicted octanol–water partition coefficient (Wildman–Crippen LogP) is 3.82. The second kappa shape index (κ2) is 20.1. The van der Waals surface area contributed by atoms with Crippen LogP contribution in [0.3, 0.4) is 0 Å². The molecule has 0 atom stereocenters. The summed E-state index contributed by atoms with van der Waals surface area (Å²) in [5.74, 6) is -5.30. The Bertz CT molecular complexity index is 1810. The van der Waals surface area contributed by atoms with Gasteiger partial charge in [0.05, 0.1) is 16.0 Å².